The van der Waals surface area contributed by atoms with Crippen molar-refractivity contribution in [3.63, 3.8) is 0 Å². The Hall–Kier alpha value is -2.82. The third-order valence-electron chi connectivity index (χ3n) is 2.97. The molecule has 0 aliphatic rings. The highest BCUT2D eigenvalue weighted by Crippen LogP contribution is 2.15. The van der Waals surface area contributed by atoms with Gasteiger partial charge < -0.3 is 16.0 Å². The van der Waals surface area contributed by atoms with Gasteiger partial charge in [-0.2, -0.15) is 0 Å². The van der Waals surface area contributed by atoms with Crippen molar-refractivity contribution < 1.29 is 9.59 Å². The maximum absolute atomic E-state index is 11.9. The zero-order chi connectivity index (χ0) is 15.9. The minimum absolute atomic E-state index is 0.149. The Morgan fingerprint density at radius 1 is 0.909 bits per heavy atom. The third kappa shape index (κ3) is 4.94. The first-order valence-corrected chi connectivity index (χ1v) is 7.01. The summed E-state index contributed by atoms with van der Waals surface area (Å²) in [6.45, 7) is 3.63. The van der Waals surface area contributed by atoms with Gasteiger partial charge in [0.2, 0.25) is 11.8 Å². The molecule has 0 bridgehead atoms. The molecule has 0 saturated carbocycles. The van der Waals surface area contributed by atoms with Crippen LogP contribution in [0.5, 0.6) is 0 Å². The summed E-state index contributed by atoms with van der Waals surface area (Å²) < 4.78 is 0. The van der Waals surface area contributed by atoms with Crippen LogP contribution in [0.3, 0.4) is 0 Å². The van der Waals surface area contributed by atoms with Crippen LogP contribution in [0.15, 0.2) is 48.5 Å². The lowest BCUT2D eigenvalue weighted by Gasteiger charge is -2.09. The van der Waals surface area contributed by atoms with E-state index in [9.17, 15) is 9.59 Å². The largest absolute Gasteiger partial charge is 0.376 e. The first-order valence-electron chi connectivity index (χ1n) is 7.01. The third-order valence-corrected chi connectivity index (χ3v) is 2.97. The summed E-state index contributed by atoms with van der Waals surface area (Å²) in [5.41, 5.74) is 3.36. The monoisotopic (exact) mass is 297 g/mol. The van der Waals surface area contributed by atoms with Crippen molar-refractivity contribution in [2.45, 2.75) is 13.8 Å². The minimum Gasteiger partial charge on any atom is -0.376 e. The number of rotatable bonds is 5. The summed E-state index contributed by atoms with van der Waals surface area (Å²) in [5.74, 6) is -0.301. The van der Waals surface area contributed by atoms with Crippen LogP contribution in [-0.2, 0) is 9.59 Å². The fraction of sp³-hybridized carbons (Fsp3) is 0.176. The lowest BCUT2D eigenvalue weighted by molar-refractivity contribution is -0.115. The molecule has 0 heterocycles. The van der Waals surface area contributed by atoms with Crippen molar-refractivity contribution >= 4 is 28.9 Å². The van der Waals surface area contributed by atoms with Gasteiger partial charge in [0, 0.05) is 24.0 Å². The number of carbonyl (C=O) groups excluding carboxylic acids is 2. The van der Waals surface area contributed by atoms with Gasteiger partial charge >= 0.3 is 0 Å². The van der Waals surface area contributed by atoms with Crippen molar-refractivity contribution in [1.82, 2.24) is 0 Å². The van der Waals surface area contributed by atoms with Crippen molar-refractivity contribution in [3.8, 4) is 0 Å². The van der Waals surface area contributed by atoms with Gasteiger partial charge in [-0.05, 0) is 37.3 Å². The van der Waals surface area contributed by atoms with E-state index in [0.29, 0.717) is 11.4 Å². The van der Waals surface area contributed by atoms with E-state index in [1.165, 1.54) is 12.5 Å². The molecule has 0 spiro atoms. The second kappa shape index (κ2) is 7.26. The van der Waals surface area contributed by atoms with Gasteiger partial charge in [0.15, 0.2) is 0 Å². The van der Waals surface area contributed by atoms with Crippen LogP contribution in [-0.4, -0.2) is 18.4 Å². The number of aryl methyl sites for hydroxylation is 1. The fourth-order valence-electron chi connectivity index (χ4n) is 1.94. The van der Waals surface area contributed by atoms with Crippen molar-refractivity contribution in [3.05, 3.63) is 54.1 Å². The van der Waals surface area contributed by atoms with E-state index >= 15 is 0 Å². The summed E-state index contributed by atoms with van der Waals surface area (Å²) in [5, 5.41) is 8.52. The van der Waals surface area contributed by atoms with Crippen molar-refractivity contribution in [1.29, 1.82) is 0 Å². The molecule has 22 heavy (non-hydrogen) atoms. The number of hydrogen-bond donors (Lipinski definition) is 3. The lowest BCUT2D eigenvalue weighted by atomic mass is 10.2. The molecule has 5 nitrogen and oxygen atoms in total. The molecular formula is C17H19N3O2. The minimum atomic E-state index is -0.152. The van der Waals surface area contributed by atoms with Gasteiger partial charge in [-0.1, -0.05) is 23.8 Å². The van der Waals surface area contributed by atoms with Crippen LogP contribution in [0.1, 0.15) is 12.5 Å². The SMILES string of the molecule is CC(=O)Nc1cccc(NC(=O)CNc2ccc(C)cc2)c1. The molecule has 2 aromatic carbocycles. The summed E-state index contributed by atoms with van der Waals surface area (Å²) in [4.78, 5) is 22.9. The topological polar surface area (TPSA) is 70.2 Å². The zero-order valence-electron chi connectivity index (χ0n) is 12.6. The molecule has 0 aromatic heterocycles. The molecule has 0 unspecified atom stereocenters. The standard InChI is InChI=1S/C17H19N3O2/c1-12-6-8-14(9-7-12)18-11-17(22)20-16-5-3-4-15(10-16)19-13(2)21/h3-10,18H,11H2,1-2H3,(H,19,21)(H,20,22). The predicted octanol–water partition coefficient (Wildman–Crippen LogP) is 3.00. The molecule has 2 aromatic rings. The van der Waals surface area contributed by atoms with E-state index < -0.39 is 0 Å². The lowest BCUT2D eigenvalue weighted by Crippen LogP contribution is -2.21. The molecule has 0 saturated heterocycles. The van der Waals surface area contributed by atoms with E-state index in [0.717, 1.165) is 5.69 Å². The number of anilines is 3. The normalized spacial score (nSPS) is 9.91. The van der Waals surface area contributed by atoms with Crippen LogP contribution < -0.4 is 16.0 Å². The molecule has 2 rings (SSSR count). The molecule has 0 radical (unpaired) electrons. The highest BCUT2D eigenvalue weighted by atomic mass is 16.2. The van der Waals surface area contributed by atoms with Gasteiger partial charge in [-0.15, -0.1) is 0 Å². The number of benzene rings is 2. The van der Waals surface area contributed by atoms with Gasteiger partial charge in [-0.25, -0.2) is 0 Å². The van der Waals surface area contributed by atoms with Gasteiger partial charge in [0.05, 0.1) is 6.54 Å². The summed E-state index contributed by atoms with van der Waals surface area (Å²) >= 11 is 0. The Labute approximate surface area is 129 Å². The second-order valence-corrected chi connectivity index (χ2v) is 5.03. The molecule has 0 atom stereocenters. The Balaban J connectivity index is 1.89. The maximum Gasteiger partial charge on any atom is 0.243 e. The maximum atomic E-state index is 11.9. The van der Waals surface area contributed by atoms with Crippen LogP contribution in [0.2, 0.25) is 0 Å². The van der Waals surface area contributed by atoms with Crippen LogP contribution in [0.25, 0.3) is 0 Å². The number of amides is 2. The Bertz CT molecular complexity index is 666. The van der Waals surface area contributed by atoms with Crippen LogP contribution in [0, 0.1) is 6.92 Å². The molecular weight excluding hydrogens is 278 g/mol. The van der Waals surface area contributed by atoms with Gasteiger partial charge in [0.1, 0.15) is 0 Å². The number of nitrogens with one attached hydrogen (secondary N) is 3. The Morgan fingerprint density at radius 3 is 2.18 bits per heavy atom. The molecule has 3 N–H and O–H groups in total. The highest BCUT2D eigenvalue weighted by molar-refractivity contribution is 5.95. The number of hydrogen-bond acceptors (Lipinski definition) is 3. The van der Waals surface area contributed by atoms with Gasteiger partial charge in [-0.3, -0.25) is 9.59 Å². The van der Waals surface area contributed by atoms with Gasteiger partial charge in [0.25, 0.3) is 0 Å². The van der Waals surface area contributed by atoms with E-state index in [1.54, 1.807) is 24.3 Å². The van der Waals surface area contributed by atoms with E-state index in [2.05, 4.69) is 16.0 Å². The molecule has 0 aliphatic carbocycles. The highest BCUT2D eigenvalue weighted by Gasteiger charge is 2.03. The molecule has 2 amide bonds. The van der Waals surface area contributed by atoms with Crippen molar-refractivity contribution in [2.24, 2.45) is 0 Å². The van der Waals surface area contributed by atoms with Crippen LogP contribution in [0.4, 0.5) is 17.1 Å². The first-order chi connectivity index (χ1) is 10.5. The average molecular weight is 297 g/mol. The zero-order valence-corrected chi connectivity index (χ0v) is 12.6. The quantitative estimate of drug-likeness (QED) is 0.794. The average Bonchev–Trinajstić information content (AvgIpc) is 2.46. The van der Waals surface area contributed by atoms with E-state index in [-0.39, 0.29) is 18.4 Å². The molecule has 0 fully saturated rings. The van der Waals surface area contributed by atoms with Crippen LogP contribution >= 0.6 is 0 Å². The number of carbonyl (C=O) groups is 2. The molecule has 114 valence electrons. The summed E-state index contributed by atoms with van der Waals surface area (Å²) in [7, 11) is 0. The summed E-state index contributed by atoms with van der Waals surface area (Å²) in [6, 6.07) is 14.9. The van der Waals surface area contributed by atoms with Crippen molar-refractivity contribution in [2.75, 3.05) is 22.5 Å². The summed E-state index contributed by atoms with van der Waals surface area (Å²) in [6.07, 6.45) is 0. The fourth-order valence-corrected chi connectivity index (χ4v) is 1.94. The first kappa shape index (κ1) is 15.6. The van der Waals surface area contributed by atoms with E-state index in [4.69, 9.17) is 0 Å². The molecule has 0 aliphatic heterocycles. The molecule has 5 heteroatoms. The Kier molecular flexibility index (Phi) is 5.14. The predicted molar refractivity (Wildman–Crippen MR) is 89.0 cm³/mol. The smallest absolute Gasteiger partial charge is 0.243 e. The van der Waals surface area contributed by atoms with E-state index in [1.807, 2.05) is 31.2 Å². The second-order valence-electron chi connectivity index (χ2n) is 5.03. The Morgan fingerprint density at radius 2 is 1.55 bits per heavy atom.